The van der Waals surface area contributed by atoms with Crippen LogP contribution in [0.15, 0.2) is 165 Å². The van der Waals surface area contributed by atoms with Crippen molar-refractivity contribution in [3.63, 3.8) is 0 Å². The van der Waals surface area contributed by atoms with Crippen LogP contribution < -0.4 is 16.0 Å². The molecule has 1 aliphatic heterocycles. The fourth-order valence-electron chi connectivity index (χ4n) is 7.97. The van der Waals surface area contributed by atoms with E-state index in [-0.39, 0.29) is 18.5 Å². The second-order valence-corrected chi connectivity index (χ2v) is 13.4. The monoisotopic (exact) mass is 661 g/mol. The molecule has 51 heavy (non-hydrogen) atoms. The first-order chi connectivity index (χ1) is 25.2. The van der Waals surface area contributed by atoms with Gasteiger partial charge >= 0.3 is 0 Å². The lowest BCUT2D eigenvalue weighted by molar-refractivity contribution is 0.203. The Morgan fingerprint density at radius 2 is 0.784 bits per heavy atom. The zero-order valence-electron chi connectivity index (χ0n) is 27.4. The summed E-state index contributed by atoms with van der Waals surface area (Å²) in [7, 11) is 0. The number of nitrogens with one attached hydrogen (secondary N) is 3. The van der Waals surface area contributed by atoms with Crippen LogP contribution in [0.5, 0.6) is 0 Å². The molecule has 6 heteroatoms. The summed E-state index contributed by atoms with van der Waals surface area (Å²) in [6.45, 7) is 0. The summed E-state index contributed by atoms with van der Waals surface area (Å²) in [5.41, 5.74) is 10.8. The van der Waals surface area contributed by atoms with Gasteiger partial charge in [-0.2, -0.15) is 0 Å². The van der Waals surface area contributed by atoms with E-state index in [0.717, 1.165) is 93.6 Å². The second kappa shape index (κ2) is 11.2. The van der Waals surface area contributed by atoms with Gasteiger partial charge in [0, 0.05) is 43.4 Å². The molecule has 244 valence electrons. The SMILES string of the molecule is c1ccc(C2NC(c3cccc4c3oc3ccccc34)NC(c3cccc4c3oc3ccc(-c5ccc6oc7ccccc7c6c5)cc34)N2)cc1. The topological polar surface area (TPSA) is 75.5 Å². The molecule has 0 saturated carbocycles. The van der Waals surface area contributed by atoms with E-state index >= 15 is 0 Å². The third-order valence-corrected chi connectivity index (χ3v) is 10.4. The maximum Gasteiger partial charge on any atom is 0.141 e. The Hall–Kier alpha value is -6.18. The molecule has 3 atom stereocenters. The molecule has 0 amide bonds. The first-order valence-electron chi connectivity index (χ1n) is 17.4. The molecule has 11 rings (SSSR count). The highest BCUT2D eigenvalue weighted by molar-refractivity contribution is 6.09. The van der Waals surface area contributed by atoms with Crippen molar-refractivity contribution < 1.29 is 13.3 Å². The summed E-state index contributed by atoms with van der Waals surface area (Å²) in [5, 5.41) is 18.2. The minimum Gasteiger partial charge on any atom is -0.456 e. The van der Waals surface area contributed by atoms with Gasteiger partial charge in [0.2, 0.25) is 0 Å². The fourth-order valence-corrected chi connectivity index (χ4v) is 7.97. The maximum atomic E-state index is 6.70. The van der Waals surface area contributed by atoms with Gasteiger partial charge in [-0.05, 0) is 53.1 Å². The molecule has 4 heterocycles. The van der Waals surface area contributed by atoms with E-state index in [1.54, 1.807) is 0 Å². The van der Waals surface area contributed by atoms with Gasteiger partial charge in [0.25, 0.3) is 0 Å². The molecule has 3 unspecified atom stereocenters. The van der Waals surface area contributed by atoms with E-state index in [2.05, 4.69) is 137 Å². The van der Waals surface area contributed by atoms with Crippen molar-refractivity contribution in [2.24, 2.45) is 0 Å². The predicted molar refractivity (Wildman–Crippen MR) is 204 cm³/mol. The minimum absolute atomic E-state index is 0.137. The Kier molecular flexibility index (Phi) is 6.27. The summed E-state index contributed by atoms with van der Waals surface area (Å²) < 4.78 is 19.3. The van der Waals surface area contributed by atoms with Gasteiger partial charge in [0.05, 0.1) is 18.5 Å². The second-order valence-electron chi connectivity index (χ2n) is 13.4. The lowest BCUT2D eigenvalue weighted by atomic mass is 9.99. The van der Waals surface area contributed by atoms with Crippen molar-refractivity contribution >= 4 is 65.8 Å². The summed E-state index contributed by atoms with van der Waals surface area (Å²) >= 11 is 0. The highest BCUT2D eigenvalue weighted by atomic mass is 16.3. The fraction of sp³-hybridized carbons (Fsp3) is 0.0667. The van der Waals surface area contributed by atoms with Crippen molar-refractivity contribution in [3.8, 4) is 11.1 Å². The molecule has 3 aromatic heterocycles. The summed E-state index contributed by atoms with van der Waals surface area (Å²) in [4.78, 5) is 0. The third-order valence-electron chi connectivity index (χ3n) is 10.4. The molecule has 1 fully saturated rings. The normalized spacial score (nSPS) is 18.2. The van der Waals surface area contributed by atoms with Gasteiger partial charge in [-0.1, -0.05) is 115 Å². The first kappa shape index (κ1) is 28.6. The van der Waals surface area contributed by atoms with E-state index in [0.29, 0.717) is 0 Å². The Morgan fingerprint density at radius 3 is 1.43 bits per heavy atom. The van der Waals surface area contributed by atoms with Gasteiger partial charge in [0.15, 0.2) is 0 Å². The largest absolute Gasteiger partial charge is 0.456 e. The maximum absolute atomic E-state index is 6.70. The minimum atomic E-state index is -0.235. The van der Waals surface area contributed by atoms with Gasteiger partial charge in [-0.25, -0.2) is 0 Å². The van der Waals surface area contributed by atoms with Crippen LogP contribution in [0.25, 0.3) is 76.9 Å². The van der Waals surface area contributed by atoms with Crippen LogP contribution in [0, 0.1) is 0 Å². The number of hydrogen-bond donors (Lipinski definition) is 3. The number of benzene rings is 7. The summed E-state index contributed by atoms with van der Waals surface area (Å²) in [6, 6.07) is 52.7. The summed E-state index contributed by atoms with van der Waals surface area (Å²) in [5.74, 6) is 0. The molecule has 3 N–H and O–H groups in total. The van der Waals surface area contributed by atoms with Crippen LogP contribution >= 0.6 is 0 Å². The van der Waals surface area contributed by atoms with Crippen LogP contribution in [0.1, 0.15) is 35.2 Å². The van der Waals surface area contributed by atoms with Crippen molar-refractivity contribution in [2.75, 3.05) is 0 Å². The van der Waals surface area contributed by atoms with E-state index in [9.17, 15) is 0 Å². The van der Waals surface area contributed by atoms with Crippen LogP contribution in [-0.4, -0.2) is 0 Å². The van der Waals surface area contributed by atoms with Gasteiger partial charge in [-0.3, -0.25) is 16.0 Å². The third kappa shape index (κ3) is 4.55. The molecule has 7 aromatic carbocycles. The zero-order chi connectivity index (χ0) is 33.5. The molecule has 0 bridgehead atoms. The molecule has 1 saturated heterocycles. The molecule has 0 radical (unpaired) electrons. The molecular formula is C45H31N3O3. The molecule has 0 spiro atoms. The van der Waals surface area contributed by atoms with Gasteiger partial charge in [0.1, 0.15) is 33.5 Å². The molecule has 10 aromatic rings. The number of furan rings is 3. The van der Waals surface area contributed by atoms with Crippen molar-refractivity contribution in [1.82, 2.24) is 16.0 Å². The first-order valence-corrected chi connectivity index (χ1v) is 17.4. The smallest absolute Gasteiger partial charge is 0.141 e. The summed E-state index contributed by atoms with van der Waals surface area (Å²) in [6.07, 6.45) is -0.588. The zero-order valence-corrected chi connectivity index (χ0v) is 27.4. The van der Waals surface area contributed by atoms with Crippen LogP contribution in [0.3, 0.4) is 0 Å². The van der Waals surface area contributed by atoms with E-state index in [4.69, 9.17) is 13.3 Å². The average molecular weight is 662 g/mol. The van der Waals surface area contributed by atoms with Crippen LogP contribution in [0.4, 0.5) is 0 Å². The van der Waals surface area contributed by atoms with E-state index < -0.39 is 0 Å². The highest BCUT2D eigenvalue weighted by Gasteiger charge is 2.33. The van der Waals surface area contributed by atoms with Crippen LogP contribution in [0.2, 0.25) is 0 Å². The number of hydrogen-bond acceptors (Lipinski definition) is 6. The predicted octanol–water partition coefficient (Wildman–Crippen LogP) is 11.2. The molecule has 1 aliphatic rings. The van der Waals surface area contributed by atoms with Crippen molar-refractivity contribution in [3.05, 3.63) is 168 Å². The Morgan fingerprint density at radius 1 is 0.333 bits per heavy atom. The molecule has 6 nitrogen and oxygen atoms in total. The molecular weight excluding hydrogens is 631 g/mol. The standard InChI is InChI=1S/C45H31N3O3/c1-2-10-26(11-3-1)43-46-44(33-16-8-14-31-29-12-4-7-19-38(29)50-41(31)33)48-45(47-43)34-17-9-15-32-36-25-28(21-23-40(36)51-42(32)34)27-20-22-39-35(24-27)30-13-5-6-18-37(30)49-39/h1-25,43-48H. The molecule has 0 aliphatic carbocycles. The van der Waals surface area contributed by atoms with Gasteiger partial charge < -0.3 is 13.3 Å². The Balaban J connectivity index is 1.02. The number of fused-ring (bicyclic) bond motifs is 9. The number of para-hydroxylation sites is 4. The average Bonchev–Trinajstić information content (AvgIpc) is 3.89. The lowest BCUT2D eigenvalue weighted by Crippen LogP contribution is -2.54. The Labute approximate surface area is 292 Å². The Bertz CT molecular complexity index is 2940. The van der Waals surface area contributed by atoms with E-state index in [1.807, 2.05) is 30.3 Å². The number of rotatable bonds is 4. The van der Waals surface area contributed by atoms with Crippen LogP contribution in [-0.2, 0) is 0 Å². The highest BCUT2D eigenvalue weighted by Crippen LogP contribution is 2.40. The van der Waals surface area contributed by atoms with Crippen molar-refractivity contribution in [1.29, 1.82) is 0 Å². The van der Waals surface area contributed by atoms with E-state index in [1.165, 1.54) is 0 Å². The quantitative estimate of drug-likeness (QED) is 0.174. The lowest BCUT2D eigenvalue weighted by Gasteiger charge is -2.39. The van der Waals surface area contributed by atoms with Crippen molar-refractivity contribution in [2.45, 2.75) is 18.5 Å². The van der Waals surface area contributed by atoms with Gasteiger partial charge in [-0.15, -0.1) is 0 Å².